The molecule has 1 aromatic carbocycles. The highest BCUT2D eigenvalue weighted by molar-refractivity contribution is 9.10. The molecule has 1 aromatic rings. The average molecular weight is 386 g/mol. The Morgan fingerprint density at radius 1 is 1.55 bits per heavy atom. The van der Waals surface area contributed by atoms with Crippen LogP contribution in [-0.4, -0.2) is 34.1 Å². The Hall–Kier alpha value is -0.670. The van der Waals surface area contributed by atoms with Crippen LogP contribution < -0.4 is 10.5 Å². The number of halogens is 2. The molecular weight excluding hydrogens is 372 g/mol. The number of benzene rings is 1. The van der Waals surface area contributed by atoms with E-state index in [-0.39, 0.29) is 26.0 Å². The first-order valence-electron chi connectivity index (χ1n) is 5.48. The van der Waals surface area contributed by atoms with E-state index in [0.717, 1.165) is 6.07 Å². The summed E-state index contributed by atoms with van der Waals surface area (Å²) < 4.78 is 27.9. The van der Waals surface area contributed by atoms with Gasteiger partial charge in [-0.15, -0.1) is 0 Å². The number of carbonyl (C=O) groups is 1. The Kier molecular flexibility index (Phi) is 5.96. The van der Waals surface area contributed by atoms with Crippen LogP contribution in [0.5, 0.6) is 0 Å². The summed E-state index contributed by atoms with van der Waals surface area (Å²) >= 11 is 9.09. The van der Waals surface area contributed by atoms with E-state index in [2.05, 4.69) is 21.2 Å². The number of rotatable bonds is 5. The maximum Gasteiger partial charge on any atom is 0.253 e. The van der Waals surface area contributed by atoms with Gasteiger partial charge in [-0.2, -0.15) is 0 Å². The van der Waals surface area contributed by atoms with Gasteiger partial charge in [-0.05, 0) is 35.0 Å². The topological polar surface area (TPSA) is 98.5 Å². The SMILES string of the molecule is COCC(C)NC(=O)c1cc(S(N)(=O)=O)cc(Br)c1Cl. The zero-order valence-electron chi connectivity index (χ0n) is 10.8. The number of nitrogens with two attached hydrogens (primary N) is 1. The predicted molar refractivity (Wildman–Crippen MR) is 79.3 cm³/mol. The lowest BCUT2D eigenvalue weighted by atomic mass is 10.2. The fourth-order valence-corrected chi connectivity index (χ4v) is 2.86. The van der Waals surface area contributed by atoms with E-state index in [1.165, 1.54) is 13.2 Å². The van der Waals surface area contributed by atoms with Gasteiger partial charge < -0.3 is 10.1 Å². The van der Waals surface area contributed by atoms with Crippen molar-refractivity contribution in [3.05, 3.63) is 27.2 Å². The predicted octanol–water partition coefficient (Wildman–Crippen LogP) is 1.51. The highest BCUT2D eigenvalue weighted by Crippen LogP contribution is 2.29. The maximum absolute atomic E-state index is 12.1. The lowest BCUT2D eigenvalue weighted by Crippen LogP contribution is -2.35. The van der Waals surface area contributed by atoms with Gasteiger partial charge in [0.1, 0.15) is 0 Å². The minimum Gasteiger partial charge on any atom is -0.383 e. The number of ether oxygens (including phenoxy) is 1. The molecular formula is C11H14BrClN2O4S. The Morgan fingerprint density at radius 2 is 2.15 bits per heavy atom. The summed E-state index contributed by atoms with van der Waals surface area (Å²) in [7, 11) is -2.42. The molecule has 0 saturated heterocycles. The molecule has 0 fully saturated rings. The van der Waals surface area contributed by atoms with E-state index in [0.29, 0.717) is 6.61 Å². The third-order valence-corrected chi connectivity index (χ3v) is 4.52. The summed E-state index contributed by atoms with van der Waals surface area (Å²) in [6.45, 7) is 2.06. The largest absolute Gasteiger partial charge is 0.383 e. The molecule has 0 saturated carbocycles. The van der Waals surface area contributed by atoms with Gasteiger partial charge in [-0.3, -0.25) is 4.79 Å². The van der Waals surface area contributed by atoms with Gasteiger partial charge in [-0.25, -0.2) is 13.6 Å². The standard InChI is InChI=1S/C11H14BrClN2O4S/c1-6(5-19-2)15-11(16)8-3-7(20(14,17)18)4-9(12)10(8)13/h3-4,6H,5H2,1-2H3,(H,15,16)(H2,14,17,18). The molecule has 20 heavy (non-hydrogen) atoms. The van der Waals surface area contributed by atoms with Crippen LogP contribution in [0.1, 0.15) is 17.3 Å². The zero-order chi connectivity index (χ0) is 15.5. The van der Waals surface area contributed by atoms with Crippen LogP contribution in [0.25, 0.3) is 0 Å². The summed E-state index contributed by atoms with van der Waals surface area (Å²) in [5.41, 5.74) is 0.0213. The van der Waals surface area contributed by atoms with Crippen molar-refractivity contribution in [3.63, 3.8) is 0 Å². The minimum atomic E-state index is -3.93. The summed E-state index contributed by atoms with van der Waals surface area (Å²) in [4.78, 5) is 11.9. The molecule has 9 heteroatoms. The number of amides is 1. The Balaban J connectivity index is 3.17. The molecule has 0 aliphatic rings. The molecule has 1 atom stereocenters. The smallest absolute Gasteiger partial charge is 0.253 e. The van der Waals surface area contributed by atoms with E-state index >= 15 is 0 Å². The van der Waals surface area contributed by atoms with Crippen molar-refractivity contribution in [1.29, 1.82) is 0 Å². The van der Waals surface area contributed by atoms with E-state index in [1.807, 2.05) is 0 Å². The molecule has 0 aromatic heterocycles. The number of carbonyl (C=O) groups excluding carboxylic acids is 1. The molecule has 6 nitrogen and oxygen atoms in total. The number of nitrogens with one attached hydrogen (secondary N) is 1. The van der Waals surface area contributed by atoms with Crippen molar-refractivity contribution in [2.24, 2.45) is 5.14 Å². The van der Waals surface area contributed by atoms with Crippen molar-refractivity contribution in [1.82, 2.24) is 5.32 Å². The minimum absolute atomic E-state index is 0.0213. The molecule has 3 N–H and O–H groups in total. The maximum atomic E-state index is 12.1. The van der Waals surface area contributed by atoms with Gasteiger partial charge in [-0.1, -0.05) is 11.6 Å². The number of primary sulfonamides is 1. The monoisotopic (exact) mass is 384 g/mol. The number of hydrogen-bond acceptors (Lipinski definition) is 4. The van der Waals surface area contributed by atoms with Crippen LogP contribution in [0, 0.1) is 0 Å². The van der Waals surface area contributed by atoms with Crippen molar-refractivity contribution in [2.45, 2.75) is 17.9 Å². The normalized spacial score (nSPS) is 13.1. The third-order valence-electron chi connectivity index (χ3n) is 2.37. The Morgan fingerprint density at radius 3 is 2.65 bits per heavy atom. The second kappa shape index (κ2) is 6.86. The molecule has 0 aliphatic heterocycles. The number of hydrogen-bond donors (Lipinski definition) is 2. The van der Waals surface area contributed by atoms with E-state index in [1.54, 1.807) is 6.92 Å². The van der Waals surface area contributed by atoms with Crippen LogP contribution in [-0.2, 0) is 14.8 Å². The second-order valence-electron chi connectivity index (χ2n) is 4.14. The molecule has 1 amide bonds. The number of methoxy groups -OCH3 is 1. The van der Waals surface area contributed by atoms with Gasteiger partial charge in [0, 0.05) is 17.6 Å². The Bertz CT molecular complexity index is 621. The van der Waals surface area contributed by atoms with Crippen LogP contribution in [0.3, 0.4) is 0 Å². The number of sulfonamides is 1. The van der Waals surface area contributed by atoms with Gasteiger partial charge in [0.15, 0.2) is 0 Å². The molecule has 112 valence electrons. The second-order valence-corrected chi connectivity index (χ2v) is 6.94. The van der Waals surface area contributed by atoms with Crippen molar-refractivity contribution < 1.29 is 17.9 Å². The fourth-order valence-electron chi connectivity index (χ4n) is 1.49. The summed E-state index contributed by atoms with van der Waals surface area (Å²) in [6.07, 6.45) is 0. The molecule has 1 rings (SSSR count). The summed E-state index contributed by atoms with van der Waals surface area (Å²) in [5, 5.41) is 7.80. The Labute approximate surface area is 130 Å². The zero-order valence-corrected chi connectivity index (χ0v) is 14.0. The molecule has 1 unspecified atom stereocenters. The third kappa shape index (κ3) is 4.42. The van der Waals surface area contributed by atoms with Crippen LogP contribution in [0.2, 0.25) is 5.02 Å². The van der Waals surface area contributed by atoms with Crippen molar-refractivity contribution in [3.8, 4) is 0 Å². The lowest BCUT2D eigenvalue weighted by molar-refractivity contribution is 0.0905. The molecule has 0 aliphatic carbocycles. The highest BCUT2D eigenvalue weighted by atomic mass is 79.9. The highest BCUT2D eigenvalue weighted by Gasteiger charge is 2.19. The van der Waals surface area contributed by atoms with Crippen LogP contribution in [0.4, 0.5) is 0 Å². The van der Waals surface area contributed by atoms with Gasteiger partial charge >= 0.3 is 0 Å². The van der Waals surface area contributed by atoms with E-state index < -0.39 is 15.9 Å². The van der Waals surface area contributed by atoms with Gasteiger partial charge in [0.2, 0.25) is 10.0 Å². The summed E-state index contributed by atoms with van der Waals surface area (Å²) in [6, 6.07) is 2.13. The van der Waals surface area contributed by atoms with Gasteiger partial charge in [0.05, 0.1) is 22.1 Å². The average Bonchev–Trinajstić information content (AvgIpc) is 2.31. The lowest BCUT2D eigenvalue weighted by Gasteiger charge is -2.14. The van der Waals surface area contributed by atoms with E-state index in [4.69, 9.17) is 21.5 Å². The van der Waals surface area contributed by atoms with Crippen molar-refractivity contribution in [2.75, 3.05) is 13.7 Å². The first-order chi connectivity index (χ1) is 9.16. The quantitative estimate of drug-likeness (QED) is 0.802. The van der Waals surface area contributed by atoms with Crippen molar-refractivity contribution >= 4 is 43.5 Å². The first kappa shape index (κ1) is 17.4. The van der Waals surface area contributed by atoms with Crippen LogP contribution in [0.15, 0.2) is 21.5 Å². The fraction of sp³-hybridized carbons (Fsp3) is 0.364. The molecule has 0 spiro atoms. The molecule has 0 radical (unpaired) electrons. The molecule has 0 bridgehead atoms. The van der Waals surface area contributed by atoms with Gasteiger partial charge in [0.25, 0.3) is 5.91 Å². The summed E-state index contributed by atoms with van der Waals surface area (Å²) in [5.74, 6) is -0.509. The molecule has 0 heterocycles. The first-order valence-corrected chi connectivity index (χ1v) is 8.20. The van der Waals surface area contributed by atoms with Crippen LogP contribution >= 0.6 is 27.5 Å². The van der Waals surface area contributed by atoms with E-state index in [9.17, 15) is 13.2 Å².